The van der Waals surface area contributed by atoms with Crippen molar-refractivity contribution in [3.63, 3.8) is 0 Å². The van der Waals surface area contributed by atoms with Gasteiger partial charge in [-0.05, 0) is 106 Å². The van der Waals surface area contributed by atoms with Crippen LogP contribution in [0, 0.1) is 23.2 Å². The summed E-state index contributed by atoms with van der Waals surface area (Å²) in [5, 5.41) is 12.1. The Balaban J connectivity index is 1.21. The summed E-state index contributed by atoms with van der Waals surface area (Å²) in [6, 6.07) is 13.2. The summed E-state index contributed by atoms with van der Waals surface area (Å²) in [5.74, 6) is 1.44. The Morgan fingerprint density at radius 1 is 1.03 bits per heavy atom. The van der Waals surface area contributed by atoms with Crippen LogP contribution in [0.3, 0.4) is 0 Å². The van der Waals surface area contributed by atoms with Crippen LogP contribution >= 0.6 is 11.6 Å². The summed E-state index contributed by atoms with van der Waals surface area (Å²) in [6.07, 6.45) is 4.41. The molecule has 0 saturated heterocycles. The summed E-state index contributed by atoms with van der Waals surface area (Å²) in [4.78, 5) is 26.8. The normalized spacial score (nSPS) is 28.1. The first-order chi connectivity index (χ1) is 17.8. The first-order valence-electron chi connectivity index (χ1n) is 13.0. The van der Waals surface area contributed by atoms with E-state index in [9.17, 15) is 18.0 Å². The number of nitrogens with one attached hydrogen (secondary N) is 2. The molecule has 4 N–H and O–H groups in total. The van der Waals surface area contributed by atoms with E-state index in [0.717, 1.165) is 37.7 Å². The molecule has 10 heteroatoms. The highest BCUT2D eigenvalue weighted by molar-refractivity contribution is 7.89. The molecule has 4 saturated carbocycles. The molecule has 0 radical (unpaired) electrons. The van der Waals surface area contributed by atoms with Gasteiger partial charge in [-0.2, -0.15) is 0 Å². The number of carbonyl (C=O) groups is 2. The molecule has 0 aromatic heterocycles. The van der Waals surface area contributed by atoms with Crippen molar-refractivity contribution in [2.45, 2.75) is 69.0 Å². The number of hydrogen-bond acceptors (Lipinski definition) is 5. The molecule has 4 fully saturated rings. The fourth-order valence-corrected chi connectivity index (χ4v) is 7.52. The van der Waals surface area contributed by atoms with Crippen molar-refractivity contribution in [2.24, 2.45) is 28.3 Å². The van der Waals surface area contributed by atoms with Gasteiger partial charge >= 0.3 is 0 Å². The molecule has 2 amide bonds. The molecule has 0 heterocycles. The molecule has 38 heavy (non-hydrogen) atoms. The predicted octanol–water partition coefficient (Wildman–Crippen LogP) is 3.77. The third-order valence-corrected chi connectivity index (χ3v) is 9.67. The second-order valence-electron chi connectivity index (χ2n) is 11.7. The van der Waals surface area contributed by atoms with Crippen molar-refractivity contribution in [3.05, 3.63) is 59.1 Å². The number of carbonyl (C=O) groups excluding carboxylic acids is 2. The molecule has 8 nitrogen and oxygen atoms in total. The van der Waals surface area contributed by atoms with E-state index < -0.39 is 21.0 Å². The minimum atomic E-state index is -3.75. The maximum absolute atomic E-state index is 13.5. The SMILES string of the molecule is CC(C)(Oc1ccc(Cl)cc1)C(=O)NC1C2CC3CC1CC(C(=O)NCc1ccc(S(N)(=O)=O)cc1)(C3)C2. The maximum atomic E-state index is 13.5. The number of hydrogen-bond donors (Lipinski definition) is 3. The Morgan fingerprint density at radius 3 is 2.21 bits per heavy atom. The van der Waals surface area contributed by atoms with Gasteiger partial charge < -0.3 is 15.4 Å². The third-order valence-electron chi connectivity index (χ3n) is 8.49. The van der Waals surface area contributed by atoms with Gasteiger partial charge in [0, 0.05) is 17.6 Å². The second kappa shape index (κ2) is 9.84. The van der Waals surface area contributed by atoms with Gasteiger partial charge in [-0.1, -0.05) is 23.7 Å². The van der Waals surface area contributed by atoms with Gasteiger partial charge in [0.2, 0.25) is 15.9 Å². The van der Waals surface area contributed by atoms with E-state index in [0.29, 0.717) is 23.2 Å². The van der Waals surface area contributed by atoms with E-state index in [2.05, 4.69) is 10.6 Å². The second-order valence-corrected chi connectivity index (χ2v) is 13.7. The Hall–Kier alpha value is -2.62. The van der Waals surface area contributed by atoms with Crippen molar-refractivity contribution in [1.82, 2.24) is 10.6 Å². The molecule has 204 valence electrons. The zero-order valence-corrected chi connectivity index (χ0v) is 23.1. The topological polar surface area (TPSA) is 128 Å². The Morgan fingerprint density at radius 2 is 1.63 bits per heavy atom. The van der Waals surface area contributed by atoms with E-state index in [1.54, 1.807) is 50.2 Å². The third kappa shape index (κ3) is 5.42. The highest BCUT2D eigenvalue weighted by Crippen LogP contribution is 2.60. The Bertz CT molecular complexity index is 1310. The highest BCUT2D eigenvalue weighted by atomic mass is 35.5. The van der Waals surface area contributed by atoms with Gasteiger partial charge in [-0.25, -0.2) is 13.6 Å². The van der Waals surface area contributed by atoms with E-state index in [1.165, 1.54) is 12.1 Å². The summed E-state index contributed by atoms with van der Waals surface area (Å²) in [6.45, 7) is 3.84. The first-order valence-corrected chi connectivity index (χ1v) is 14.9. The zero-order chi connectivity index (χ0) is 27.3. The summed E-state index contributed by atoms with van der Waals surface area (Å²) >= 11 is 5.96. The van der Waals surface area contributed by atoms with Crippen molar-refractivity contribution < 1.29 is 22.7 Å². The van der Waals surface area contributed by atoms with Gasteiger partial charge in [-0.15, -0.1) is 0 Å². The average molecular weight is 560 g/mol. The van der Waals surface area contributed by atoms with Gasteiger partial charge in [0.05, 0.1) is 10.3 Å². The van der Waals surface area contributed by atoms with Crippen LogP contribution in [0.25, 0.3) is 0 Å². The lowest BCUT2D eigenvalue weighted by atomic mass is 9.47. The summed E-state index contributed by atoms with van der Waals surface area (Å²) in [5.41, 5.74) is -0.673. The summed E-state index contributed by atoms with van der Waals surface area (Å²) in [7, 11) is -3.75. The van der Waals surface area contributed by atoms with Gasteiger partial charge in [-0.3, -0.25) is 9.59 Å². The van der Waals surface area contributed by atoms with Crippen molar-refractivity contribution in [2.75, 3.05) is 0 Å². The first kappa shape index (κ1) is 27.0. The minimum Gasteiger partial charge on any atom is -0.478 e. The number of nitrogens with two attached hydrogens (primary N) is 1. The predicted molar refractivity (Wildman–Crippen MR) is 144 cm³/mol. The fourth-order valence-electron chi connectivity index (χ4n) is 6.87. The Kier molecular flexibility index (Phi) is 6.99. The fraction of sp³-hybridized carbons (Fsp3) is 0.500. The standard InChI is InChI=1S/C28H34ClN3O5S/c1-27(2,37-22-7-5-21(29)6-8-22)25(33)32-24-19-11-18-12-20(24)15-28(13-18,14-19)26(34)31-16-17-3-9-23(10-4-17)38(30,35)36/h3-10,18-20,24H,11-16H2,1-2H3,(H,31,34)(H,32,33)(H2,30,35,36). The molecule has 0 spiro atoms. The van der Waals surface area contributed by atoms with E-state index in [-0.39, 0.29) is 34.6 Å². The molecule has 6 rings (SSSR count). The lowest BCUT2D eigenvalue weighted by Gasteiger charge is -2.59. The van der Waals surface area contributed by atoms with E-state index >= 15 is 0 Å². The monoisotopic (exact) mass is 559 g/mol. The van der Waals surface area contributed by atoms with E-state index in [4.69, 9.17) is 21.5 Å². The molecule has 0 aliphatic heterocycles. The van der Waals surface area contributed by atoms with Crippen LogP contribution < -0.4 is 20.5 Å². The molecule has 2 unspecified atom stereocenters. The van der Waals surface area contributed by atoms with Crippen LogP contribution in [0.2, 0.25) is 5.02 Å². The van der Waals surface area contributed by atoms with Gasteiger partial charge in [0.1, 0.15) is 5.75 Å². The molecule has 4 bridgehead atoms. The zero-order valence-electron chi connectivity index (χ0n) is 21.6. The van der Waals surface area contributed by atoms with Crippen LogP contribution in [0.15, 0.2) is 53.4 Å². The van der Waals surface area contributed by atoms with Crippen molar-refractivity contribution in [3.8, 4) is 5.75 Å². The number of sulfonamides is 1. The van der Waals surface area contributed by atoms with Crippen LogP contribution in [-0.2, 0) is 26.2 Å². The van der Waals surface area contributed by atoms with Crippen LogP contribution in [0.5, 0.6) is 5.75 Å². The van der Waals surface area contributed by atoms with Gasteiger partial charge in [0.15, 0.2) is 5.60 Å². The largest absolute Gasteiger partial charge is 0.478 e. The molecular formula is C28H34ClN3O5S. The summed E-state index contributed by atoms with van der Waals surface area (Å²) < 4.78 is 29.0. The quantitative estimate of drug-likeness (QED) is 0.453. The maximum Gasteiger partial charge on any atom is 0.263 e. The lowest BCUT2D eigenvalue weighted by Crippen LogP contribution is -2.64. The number of rotatable bonds is 8. The molecular weight excluding hydrogens is 526 g/mol. The average Bonchev–Trinajstić information content (AvgIpc) is 2.85. The lowest BCUT2D eigenvalue weighted by molar-refractivity contribution is -0.152. The highest BCUT2D eigenvalue weighted by Gasteiger charge is 2.59. The van der Waals surface area contributed by atoms with Crippen LogP contribution in [0.1, 0.15) is 51.5 Å². The van der Waals surface area contributed by atoms with Crippen molar-refractivity contribution in [1.29, 1.82) is 0 Å². The number of primary sulfonamides is 1. The van der Waals surface area contributed by atoms with Crippen LogP contribution in [-0.4, -0.2) is 31.9 Å². The molecule has 2 aromatic rings. The number of amides is 2. The van der Waals surface area contributed by atoms with Crippen molar-refractivity contribution >= 4 is 33.4 Å². The number of benzene rings is 2. The molecule has 2 atom stereocenters. The smallest absolute Gasteiger partial charge is 0.263 e. The number of halogens is 1. The van der Waals surface area contributed by atoms with E-state index in [1.807, 2.05) is 0 Å². The molecule has 4 aliphatic carbocycles. The van der Waals surface area contributed by atoms with Crippen LogP contribution in [0.4, 0.5) is 0 Å². The Labute approximate surface area is 228 Å². The molecule has 2 aromatic carbocycles. The number of ether oxygens (including phenoxy) is 1. The minimum absolute atomic E-state index is 0.0267. The molecule has 4 aliphatic rings. The van der Waals surface area contributed by atoms with Gasteiger partial charge in [0.25, 0.3) is 5.91 Å².